The number of likely N-dealkylation sites (tertiary alicyclic amines) is 1. The van der Waals surface area contributed by atoms with Crippen LogP contribution in [0.1, 0.15) is 19.8 Å². The van der Waals surface area contributed by atoms with E-state index in [1.807, 2.05) is 0 Å². The number of carbonyl (C=O) groups is 1. The number of hydrogen-bond acceptors (Lipinski definition) is 3. The van der Waals surface area contributed by atoms with E-state index in [1.165, 1.54) is 12.1 Å². The Labute approximate surface area is 131 Å². The SMILES string of the molecule is CC1CCN(CC(=O)Nc2ccc(F)cc2)C(CN)C1.Cl. The highest BCUT2D eigenvalue weighted by atomic mass is 35.5. The molecular weight excluding hydrogens is 293 g/mol. The van der Waals surface area contributed by atoms with Crippen molar-refractivity contribution in [2.45, 2.75) is 25.8 Å². The van der Waals surface area contributed by atoms with E-state index >= 15 is 0 Å². The van der Waals surface area contributed by atoms with E-state index in [0.717, 1.165) is 19.4 Å². The summed E-state index contributed by atoms with van der Waals surface area (Å²) >= 11 is 0. The van der Waals surface area contributed by atoms with Gasteiger partial charge in [0.1, 0.15) is 5.82 Å². The summed E-state index contributed by atoms with van der Waals surface area (Å²) in [6.07, 6.45) is 2.14. The number of piperidine rings is 1. The highest BCUT2D eigenvalue weighted by Crippen LogP contribution is 2.21. The summed E-state index contributed by atoms with van der Waals surface area (Å²) < 4.78 is 12.8. The molecule has 1 aromatic rings. The smallest absolute Gasteiger partial charge is 0.238 e. The highest BCUT2D eigenvalue weighted by molar-refractivity contribution is 5.92. The Morgan fingerprint density at radius 2 is 2.10 bits per heavy atom. The van der Waals surface area contributed by atoms with Crippen molar-refractivity contribution in [1.29, 1.82) is 0 Å². The third kappa shape index (κ3) is 5.26. The first-order chi connectivity index (χ1) is 9.58. The van der Waals surface area contributed by atoms with Gasteiger partial charge in [0.2, 0.25) is 5.91 Å². The van der Waals surface area contributed by atoms with Gasteiger partial charge in [0.05, 0.1) is 6.54 Å². The number of nitrogens with one attached hydrogen (secondary N) is 1. The second kappa shape index (κ2) is 8.32. The predicted octanol–water partition coefficient (Wildman–Crippen LogP) is 2.25. The first-order valence-corrected chi connectivity index (χ1v) is 7.08. The van der Waals surface area contributed by atoms with E-state index in [4.69, 9.17) is 5.73 Å². The molecule has 2 atom stereocenters. The normalized spacial score (nSPS) is 22.4. The molecule has 1 saturated heterocycles. The van der Waals surface area contributed by atoms with Crippen LogP contribution in [0.2, 0.25) is 0 Å². The van der Waals surface area contributed by atoms with Crippen LogP contribution in [0, 0.1) is 11.7 Å². The fourth-order valence-corrected chi connectivity index (χ4v) is 2.67. The molecule has 1 fully saturated rings. The van der Waals surface area contributed by atoms with E-state index in [2.05, 4.69) is 17.1 Å². The van der Waals surface area contributed by atoms with E-state index in [-0.39, 0.29) is 30.2 Å². The molecule has 1 amide bonds. The third-order valence-corrected chi connectivity index (χ3v) is 3.85. The van der Waals surface area contributed by atoms with Crippen molar-refractivity contribution in [1.82, 2.24) is 4.90 Å². The standard InChI is InChI=1S/C15H22FN3O.ClH/c1-11-6-7-19(14(8-11)9-17)10-15(20)18-13-4-2-12(16)3-5-13;/h2-5,11,14H,6-10,17H2,1H3,(H,18,20);1H. The van der Waals surface area contributed by atoms with Gasteiger partial charge in [-0.1, -0.05) is 6.92 Å². The summed E-state index contributed by atoms with van der Waals surface area (Å²) in [6, 6.07) is 6.07. The Morgan fingerprint density at radius 3 is 2.71 bits per heavy atom. The number of nitrogens with zero attached hydrogens (tertiary/aromatic N) is 1. The highest BCUT2D eigenvalue weighted by Gasteiger charge is 2.26. The van der Waals surface area contributed by atoms with Gasteiger partial charge in [-0.3, -0.25) is 9.69 Å². The number of halogens is 2. The summed E-state index contributed by atoms with van der Waals surface area (Å²) in [5.41, 5.74) is 6.40. The molecule has 6 heteroatoms. The Bertz CT molecular complexity index is 455. The third-order valence-electron chi connectivity index (χ3n) is 3.85. The lowest BCUT2D eigenvalue weighted by molar-refractivity contribution is -0.118. The maximum Gasteiger partial charge on any atom is 0.238 e. The van der Waals surface area contributed by atoms with Gasteiger partial charge in [0.25, 0.3) is 0 Å². The zero-order valence-electron chi connectivity index (χ0n) is 12.2. The van der Waals surface area contributed by atoms with Crippen molar-refractivity contribution in [2.75, 3.05) is 25.0 Å². The topological polar surface area (TPSA) is 58.4 Å². The van der Waals surface area contributed by atoms with Crippen molar-refractivity contribution < 1.29 is 9.18 Å². The number of benzene rings is 1. The van der Waals surface area contributed by atoms with Crippen molar-refractivity contribution in [3.8, 4) is 0 Å². The Morgan fingerprint density at radius 1 is 1.43 bits per heavy atom. The number of nitrogens with two attached hydrogens (primary N) is 1. The van der Waals surface area contributed by atoms with Gasteiger partial charge >= 0.3 is 0 Å². The molecule has 0 aromatic heterocycles. The average molecular weight is 316 g/mol. The fraction of sp³-hybridized carbons (Fsp3) is 0.533. The molecule has 1 aliphatic rings. The van der Waals surface area contributed by atoms with Crippen molar-refractivity contribution in [2.24, 2.45) is 11.7 Å². The molecule has 0 bridgehead atoms. The van der Waals surface area contributed by atoms with Crippen molar-refractivity contribution in [3.63, 3.8) is 0 Å². The van der Waals surface area contributed by atoms with E-state index in [9.17, 15) is 9.18 Å². The molecule has 2 unspecified atom stereocenters. The number of hydrogen-bond donors (Lipinski definition) is 2. The maximum atomic E-state index is 12.8. The van der Waals surface area contributed by atoms with Gasteiger partial charge < -0.3 is 11.1 Å². The van der Waals surface area contributed by atoms with Crippen molar-refractivity contribution >= 4 is 24.0 Å². The average Bonchev–Trinajstić information content (AvgIpc) is 2.43. The summed E-state index contributed by atoms with van der Waals surface area (Å²) in [7, 11) is 0. The molecule has 1 heterocycles. The van der Waals surface area contributed by atoms with Gasteiger partial charge in [0.15, 0.2) is 0 Å². The number of amides is 1. The maximum absolute atomic E-state index is 12.8. The van der Waals surface area contributed by atoms with Crippen LogP contribution in [0.3, 0.4) is 0 Å². The van der Waals surface area contributed by atoms with Crippen LogP contribution < -0.4 is 11.1 Å². The number of carbonyl (C=O) groups excluding carboxylic acids is 1. The summed E-state index contributed by atoms with van der Waals surface area (Å²) in [6.45, 7) is 4.04. The van der Waals surface area contributed by atoms with Gasteiger partial charge in [-0.2, -0.15) is 0 Å². The molecule has 2 rings (SSSR count). The lowest BCUT2D eigenvalue weighted by atomic mass is 9.92. The quantitative estimate of drug-likeness (QED) is 0.896. The molecule has 0 spiro atoms. The Hall–Kier alpha value is -1.17. The minimum atomic E-state index is -0.309. The summed E-state index contributed by atoms with van der Waals surface area (Å²) in [5, 5.41) is 2.78. The fourth-order valence-electron chi connectivity index (χ4n) is 2.67. The van der Waals surface area contributed by atoms with E-state index < -0.39 is 0 Å². The largest absolute Gasteiger partial charge is 0.329 e. The van der Waals surface area contributed by atoms with Crippen molar-refractivity contribution in [3.05, 3.63) is 30.1 Å². The van der Waals surface area contributed by atoms with Gasteiger partial charge in [-0.15, -0.1) is 12.4 Å². The summed E-state index contributed by atoms with van der Waals surface area (Å²) in [5.74, 6) is 0.279. The molecule has 4 nitrogen and oxygen atoms in total. The molecule has 0 radical (unpaired) electrons. The number of anilines is 1. The van der Waals surface area contributed by atoms with Gasteiger partial charge in [0, 0.05) is 18.3 Å². The first kappa shape index (κ1) is 17.9. The first-order valence-electron chi connectivity index (χ1n) is 7.08. The monoisotopic (exact) mass is 315 g/mol. The minimum Gasteiger partial charge on any atom is -0.329 e. The molecule has 0 aliphatic carbocycles. The molecule has 3 N–H and O–H groups in total. The van der Waals surface area contributed by atoms with Gasteiger partial charge in [-0.05, 0) is 49.6 Å². The van der Waals surface area contributed by atoms with E-state index in [0.29, 0.717) is 24.7 Å². The second-order valence-corrected chi connectivity index (χ2v) is 5.54. The minimum absolute atomic E-state index is 0. The second-order valence-electron chi connectivity index (χ2n) is 5.54. The Balaban J connectivity index is 0.00000220. The molecule has 21 heavy (non-hydrogen) atoms. The zero-order valence-corrected chi connectivity index (χ0v) is 13.0. The lowest BCUT2D eigenvalue weighted by Gasteiger charge is -2.37. The van der Waals surface area contributed by atoms with Crippen LogP contribution in [-0.2, 0) is 4.79 Å². The van der Waals surface area contributed by atoms with Crippen LogP contribution in [0.15, 0.2) is 24.3 Å². The summed E-state index contributed by atoms with van der Waals surface area (Å²) in [4.78, 5) is 14.2. The van der Waals surface area contributed by atoms with Crippen LogP contribution in [0.4, 0.5) is 10.1 Å². The van der Waals surface area contributed by atoms with Crippen LogP contribution in [-0.4, -0.2) is 36.5 Å². The molecular formula is C15H23ClFN3O. The predicted molar refractivity (Wildman–Crippen MR) is 85.1 cm³/mol. The molecule has 0 saturated carbocycles. The molecule has 1 aliphatic heterocycles. The Kier molecular flexibility index (Phi) is 7.08. The van der Waals surface area contributed by atoms with E-state index in [1.54, 1.807) is 12.1 Å². The number of rotatable bonds is 4. The lowest BCUT2D eigenvalue weighted by Crippen LogP contribution is -2.49. The molecule has 118 valence electrons. The van der Waals surface area contributed by atoms with Crippen LogP contribution in [0.25, 0.3) is 0 Å². The van der Waals surface area contributed by atoms with Crippen LogP contribution >= 0.6 is 12.4 Å². The van der Waals surface area contributed by atoms with Crippen LogP contribution in [0.5, 0.6) is 0 Å². The van der Waals surface area contributed by atoms with Gasteiger partial charge in [-0.25, -0.2) is 4.39 Å². The molecule has 1 aromatic carbocycles. The zero-order chi connectivity index (χ0) is 14.5.